The Morgan fingerprint density at radius 2 is 1.80 bits per heavy atom. The number of nitriles is 2. The first-order valence-electron chi connectivity index (χ1n) is 6.46. The van der Waals surface area contributed by atoms with Gasteiger partial charge < -0.3 is 15.5 Å². The summed E-state index contributed by atoms with van der Waals surface area (Å²) >= 11 is 0. The lowest BCUT2D eigenvalue weighted by molar-refractivity contribution is -0.140. The van der Waals surface area contributed by atoms with Crippen molar-refractivity contribution in [3.8, 4) is 29.0 Å². The summed E-state index contributed by atoms with van der Waals surface area (Å²) < 4.78 is 58.4. The number of nitrogen functional groups attached to an aromatic ring is 1. The quantitative estimate of drug-likeness (QED) is 0.806. The number of benzene rings is 1. The maximum absolute atomic E-state index is 14.5. The molecule has 1 aromatic heterocycles. The molecule has 3 N–H and O–H groups in total. The van der Waals surface area contributed by atoms with E-state index in [4.69, 9.17) is 15.7 Å². The fourth-order valence-electron chi connectivity index (χ4n) is 2.22. The number of methoxy groups -OCH3 is 1. The molecular formula is C15H8F4N4O2. The number of halogens is 4. The minimum atomic E-state index is -5.07. The SMILES string of the molecule is COc1cc(-c2c(C#N)c(N)[nH]c(=O)c2C#N)c(F)c(C(F)(F)F)c1. The summed E-state index contributed by atoms with van der Waals surface area (Å²) in [5.41, 5.74) is 0.0363. The van der Waals surface area contributed by atoms with Crippen LogP contribution in [0.2, 0.25) is 0 Å². The number of aromatic amines is 1. The van der Waals surface area contributed by atoms with Gasteiger partial charge in [-0.1, -0.05) is 0 Å². The summed E-state index contributed by atoms with van der Waals surface area (Å²) in [5.74, 6) is -2.64. The minimum Gasteiger partial charge on any atom is -0.497 e. The lowest BCUT2D eigenvalue weighted by Crippen LogP contribution is -2.17. The number of hydrogen-bond donors (Lipinski definition) is 2. The average molecular weight is 352 g/mol. The molecule has 0 bridgehead atoms. The Morgan fingerprint density at radius 1 is 1.20 bits per heavy atom. The molecule has 6 nitrogen and oxygen atoms in total. The maximum Gasteiger partial charge on any atom is 0.419 e. The third-order valence-corrected chi connectivity index (χ3v) is 3.32. The number of pyridine rings is 1. The van der Waals surface area contributed by atoms with Crippen LogP contribution in [0.25, 0.3) is 11.1 Å². The fraction of sp³-hybridized carbons (Fsp3) is 0.133. The highest BCUT2D eigenvalue weighted by Crippen LogP contribution is 2.40. The van der Waals surface area contributed by atoms with E-state index in [-0.39, 0.29) is 5.75 Å². The lowest BCUT2D eigenvalue weighted by Gasteiger charge is -2.15. The van der Waals surface area contributed by atoms with Crippen molar-refractivity contribution in [3.63, 3.8) is 0 Å². The number of nitrogens with one attached hydrogen (secondary N) is 1. The standard InChI is InChI=1S/C15H8F4N4O2/c1-25-6-2-7(12(16)10(3-6)15(17,18)19)11-8(4-20)13(22)23-14(24)9(11)5-21/h2-3H,1H3,(H3,22,23,24). The summed E-state index contributed by atoms with van der Waals surface area (Å²) in [5, 5.41) is 18.3. The highest BCUT2D eigenvalue weighted by Gasteiger charge is 2.37. The van der Waals surface area contributed by atoms with Gasteiger partial charge in [-0.2, -0.15) is 23.7 Å². The van der Waals surface area contributed by atoms with E-state index in [0.29, 0.717) is 6.07 Å². The fourth-order valence-corrected chi connectivity index (χ4v) is 2.22. The number of H-pyrrole nitrogens is 1. The molecule has 0 atom stereocenters. The number of aromatic nitrogens is 1. The van der Waals surface area contributed by atoms with Crippen molar-refractivity contribution < 1.29 is 22.3 Å². The zero-order valence-electron chi connectivity index (χ0n) is 12.5. The van der Waals surface area contributed by atoms with Crippen LogP contribution in [0, 0.1) is 28.5 Å². The van der Waals surface area contributed by atoms with Crippen LogP contribution in [0.4, 0.5) is 23.4 Å². The van der Waals surface area contributed by atoms with Gasteiger partial charge in [0.15, 0.2) is 0 Å². The van der Waals surface area contributed by atoms with Gasteiger partial charge in [0.1, 0.15) is 40.6 Å². The number of ether oxygens (including phenoxy) is 1. The van der Waals surface area contributed by atoms with Gasteiger partial charge in [0, 0.05) is 11.1 Å². The molecule has 0 saturated heterocycles. The largest absolute Gasteiger partial charge is 0.497 e. The predicted molar refractivity (Wildman–Crippen MR) is 77.9 cm³/mol. The van der Waals surface area contributed by atoms with Gasteiger partial charge in [-0.3, -0.25) is 4.79 Å². The van der Waals surface area contributed by atoms with E-state index in [1.54, 1.807) is 6.07 Å². The van der Waals surface area contributed by atoms with Gasteiger partial charge >= 0.3 is 6.18 Å². The van der Waals surface area contributed by atoms with E-state index in [2.05, 4.69) is 0 Å². The zero-order chi connectivity index (χ0) is 18.9. The van der Waals surface area contributed by atoms with Gasteiger partial charge in [0.2, 0.25) is 0 Å². The van der Waals surface area contributed by atoms with Crippen molar-refractivity contribution >= 4 is 5.82 Å². The molecular weight excluding hydrogens is 344 g/mol. The Morgan fingerprint density at radius 3 is 2.28 bits per heavy atom. The van der Waals surface area contributed by atoms with E-state index in [0.717, 1.165) is 13.2 Å². The Kier molecular flexibility index (Phi) is 4.40. The molecule has 2 rings (SSSR count). The van der Waals surface area contributed by atoms with E-state index < -0.39 is 51.2 Å². The molecule has 10 heteroatoms. The molecule has 0 amide bonds. The van der Waals surface area contributed by atoms with Crippen LogP contribution in [-0.4, -0.2) is 12.1 Å². The second-order valence-corrected chi connectivity index (χ2v) is 4.75. The molecule has 25 heavy (non-hydrogen) atoms. The third-order valence-electron chi connectivity index (χ3n) is 3.32. The molecule has 0 aliphatic heterocycles. The second kappa shape index (κ2) is 6.17. The molecule has 0 fully saturated rings. The molecule has 0 saturated carbocycles. The average Bonchev–Trinajstić information content (AvgIpc) is 2.53. The van der Waals surface area contributed by atoms with Gasteiger partial charge in [-0.05, 0) is 12.1 Å². The number of hydrogen-bond acceptors (Lipinski definition) is 5. The molecule has 0 radical (unpaired) electrons. The molecule has 1 aromatic carbocycles. The van der Waals surface area contributed by atoms with Crippen molar-refractivity contribution in [2.75, 3.05) is 12.8 Å². The first kappa shape index (κ1) is 17.8. The Hall–Kier alpha value is -3.53. The second-order valence-electron chi connectivity index (χ2n) is 4.75. The zero-order valence-corrected chi connectivity index (χ0v) is 12.5. The van der Waals surface area contributed by atoms with Gasteiger partial charge in [0.05, 0.1) is 12.7 Å². The van der Waals surface area contributed by atoms with Crippen LogP contribution in [0.3, 0.4) is 0 Å². The maximum atomic E-state index is 14.5. The van der Waals surface area contributed by atoms with E-state index in [1.165, 1.54) is 6.07 Å². The van der Waals surface area contributed by atoms with Gasteiger partial charge in [-0.15, -0.1) is 0 Å². The highest BCUT2D eigenvalue weighted by atomic mass is 19.4. The van der Waals surface area contributed by atoms with Crippen LogP contribution < -0.4 is 16.0 Å². The summed E-state index contributed by atoms with van der Waals surface area (Å²) in [6.45, 7) is 0. The molecule has 1 heterocycles. The summed E-state index contributed by atoms with van der Waals surface area (Å²) in [4.78, 5) is 13.9. The third kappa shape index (κ3) is 2.97. The Labute approximate surface area is 137 Å². The molecule has 0 unspecified atom stereocenters. The van der Waals surface area contributed by atoms with Crippen molar-refractivity contribution in [2.24, 2.45) is 0 Å². The van der Waals surface area contributed by atoms with Crippen molar-refractivity contribution in [1.82, 2.24) is 4.98 Å². The summed E-state index contributed by atoms with van der Waals surface area (Å²) in [6, 6.07) is 4.27. The van der Waals surface area contributed by atoms with E-state index >= 15 is 0 Å². The van der Waals surface area contributed by atoms with E-state index in [1.807, 2.05) is 4.98 Å². The molecule has 128 valence electrons. The monoisotopic (exact) mass is 352 g/mol. The van der Waals surface area contributed by atoms with Gasteiger partial charge in [-0.25, -0.2) is 4.39 Å². The molecule has 0 aliphatic carbocycles. The number of rotatable bonds is 2. The van der Waals surface area contributed by atoms with Crippen molar-refractivity contribution in [1.29, 1.82) is 10.5 Å². The van der Waals surface area contributed by atoms with Crippen LogP contribution >= 0.6 is 0 Å². The number of nitrogens with two attached hydrogens (primary N) is 1. The Bertz CT molecular complexity index is 997. The first-order valence-corrected chi connectivity index (χ1v) is 6.46. The molecule has 2 aromatic rings. The first-order chi connectivity index (χ1) is 11.6. The summed E-state index contributed by atoms with van der Waals surface area (Å²) in [7, 11) is 1.06. The summed E-state index contributed by atoms with van der Waals surface area (Å²) in [6.07, 6.45) is -5.07. The lowest BCUT2D eigenvalue weighted by atomic mass is 9.94. The van der Waals surface area contributed by atoms with E-state index in [9.17, 15) is 27.6 Å². The van der Waals surface area contributed by atoms with Crippen LogP contribution in [-0.2, 0) is 6.18 Å². The molecule has 0 aliphatic rings. The van der Waals surface area contributed by atoms with Crippen molar-refractivity contribution in [3.05, 3.63) is 45.0 Å². The smallest absolute Gasteiger partial charge is 0.419 e. The Balaban J connectivity index is 3.06. The number of alkyl halides is 3. The minimum absolute atomic E-state index is 0.379. The van der Waals surface area contributed by atoms with Gasteiger partial charge in [0.25, 0.3) is 5.56 Å². The molecule has 0 spiro atoms. The van der Waals surface area contributed by atoms with Crippen LogP contribution in [0.1, 0.15) is 16.7 Å². The highest BCUT2D eigenvalue weighted by molar-refractivity contribution is 5.81. The number of anilines is 1. The van der Waals surface area contributed by atoms with Crippen molar-refractivity contribution in [2.45, 2.75) is 6.18 Å². The predicted octanol–water partition coefficient (Wildman–Crippen LogP) is 2.53. The van der Waals surface area contributed by atoms with Crippen LogP contribution in [0.5, 0.6) is 5.75 Å². The van der Waals surface area contributed by atoms with Crippen LogP contribution in [0.15, 0.2) is 16.9 Å². The number of nitrogens with zero attached hydrogens (tertiary/aromatic N) is 2. The topological polar surface area (TPSA) is 116 Å². The normalized spacial score (nSPS) is 10.8.